The van der Waals surface area contributed by atoms with Gasteiger partial charge < -0.3 is 15.4 Å². The van der Waals surface area contributed by atoms with Gasteiger partial charge in [0.2, 0.25) is 5.91 Å². The Labute approximate surface area is 120 Å². The van der Waals surface area contributed by atoms with Gasteiger partial charge in [-0.25, -0.2) is 0 Å². The first kappa shape index (κ1) is 16.7. The van der Waals surface area contributed by atoms with E-state index in [0.717, 1.165) is 30.0 Å². The summed E-state index contributed by atoms with van der Waals surface area (Å²) < 4.78 is 6.76. The van der Waals surface area contributed by atoms with Gasteiger partial charge in [0.15, 0.2) is 0 Å². The molecular formula is C14H26N4O2. The molecule has 114 valence electrons. The molecule has 20 heavy (non-hydrogen) atoms. The van der Waals surface area contributed by atoms with E-state index in [2.05, 4.69) is 15.7 Å². The molecule has 0 aliphatic carbocycles. The van der Waals surface area contributed by atoms with E-state index in [4.69, 9.17) is 4.74 Å². The Bertz CT molecular complexity index is 441. The number of amides is 1. The fourth-order valence-electron chi connectivity index (χ4n) is 2.04. The molecule has 1 aromatic heterocycles. The highest BCUT2D eigenvalue weighted by Gasteiger charge is 2.13. The second-order valence-electron chi connectivity index (χ2n) is 5.20. The zero-order valence-corrected chi connectivity index (χ0v) is 13.1. The summed E-state index contributed by atoms with van der Waals surface area (Å²) >= 11 is 0. The highest BCUT2D eigenvalue weighted by molar-refractivity contribution is 5.76. The molecule has 1 aromatic rings. The van der Waals surface area contributed by atoms with Gasteiger partial charge in [0.1, 0.15) is 6.54 Å². The second kappa shape index (κ2) is 8.01. The standard InChI is InChI=1S/C14H26N4O2/c1-10(2)16-14(19)9-18-12(4)13(11(3)17-18)8-15-6-7-20-5/h10,15H,6-9H2,1-5H3,(H,16,19). The Kier molecular flexibility index (Phi) is 6.67. The van der Waals surface area contributed by atoms with Gasteiger partial charge in [-0.15, -0.1) is 0 Å². The summed E-state index contributed by atoms with van der Waals surface area (Å²) in [6, 6.07) is 0.148. The molecule has 2 N–H and O–H groups in total. The predicted octanol–water partition coefficient (Wildman–Crippen LogP) is 0.761. The lowest BCUT2D eigenvalue weighted by Crippen LogP contribution is -2.33. The van der Waals surface area contributed by atoms with Crippen LogP contribution in [0, 0.1) is 13.8 Å². The van der Waals surface area contributed by atoms with Gasteiger partial charge in [-0.05, 0) is 27.7 Å². The maximum Gasteiger partial charge on any atom is 0.241 e. The SMILES string of the molecule is COCCNCc1c(C)nn(CC(=O)NC(C)C)c1C. The minimum Gasteiger partial charge on any atom is -0.383 e. The summed E-state index contributed by atoms with van der Waals surface area (Å²) in [7, 11) is 1.68. The molecule has 1 heterocycles. The van der Waals surface area contributed by atoms with Crippen molar-refractivity contribution >= 4 is 5.91 Å². The fourth-order valence-corrected chi connectivity index (χ4v) is 2.04. The van der Waals surface area contributed by atoms with Gasteiger partial charge in [-0.1, -0.05) is 0 Å². The number of methoxy groups -OCH3 is 1. The fraction of sp³-hybridized carbons (Fsp3) is 0.714. The molecule has 0 atom stereocenters. The minimum atomic E-state index is -0.00973. The van der Waals surface area contributed by atoms with Crippen molar-refractivity contribution in [2.24, 2.45) is 0 Å². The summed E-state index contributed by atoms with van der Waals surface area (Å²) in [5.74, 6) is -0.00973. The Balaban J connectivity index is 2.63. The molecule has 0 saturated carbocycles. The van der Waals surface area contributed by atoms with Gasteiger partial charge >= 0.3 is 0 Å². The first-order chi connectivity index (χ1) is 9.45. The minimum absolute atomic E-state index is 0.00973. The third kappa shape index (κ3) is 4.94. The Hall–Kier alpha value is -1.40. The predicted molar refractivity (Wildman–Crippen MR) is 78.6 cm³/mol. The van der Waals surface area contributed by atoms with Crippen LogP contribution in [0.4, 0.5) is 0 Å². The maximum atomic E-state index is 11.8. The molecule has 0 unspecified atom stereocenters. The van der Waals surface area contributed by atoms with Crippen LogP contribution in [0.1, 0.15) is 30.8 Å². The van der Waals surface area contributed by atoms with E-state index in [9.17, 15) is 4.79 Å². The zero-order chi connectivity index (χ0) is 15.1. The molecule has 0 aromatic carbocycles. The van der Waals surface area contributed by atoms with Crippen molar-refractivity contribution in [1.82, 2.24) is 20.4 Å². The number of carbonyl (C=O) groups excluding carboxylic acids is 1. The van der Waals surface area contributed by atoms with E-state index in [1.165, 1.54) is 0 Å². The van der Waals surface area contributed by atoms with E-state index in [0.29, 0.717) is 6.61 Å². The lowest BCUT2D eigenvalue weighted by Gasteiger charge is -2.09. The molecule has 0 saturated heterocycles. The van der Waals surface area contributed by atoms with Gasteiger partial charge in [-0.2, -0.15) is 5.10 Å². The summed E-state index contributed by atoms with van der Waals surface area (Å²) in [5.41, 5.74) is 3.15. The molecule has 6 nitrogen and oxygen atoms in total. The molecule has 0 bridgehead atoms. The lowest BCUT2D eigenvalue weighted by atomic mass is 10.2. The third-order valence-corrected chi connectivity index (χ3v) is 3.06. The molecule has 0 radical (unpaired) electrons. The van der Waals surface area contributed by atoms with Crippen molar-refractivity contribution in [3.8, 4) is 0 Å². The number of ether oxygens (including phenoxy) is 1. The molecule has 0 aliphatic heterocycles. The zero-order valence-electron chi connectivity index (χ0n) is 13.1. The Morgan fingerprint density at radius 3 is 2.70 bits per heavy atom. The number of nitrogens with zero attached hydrogens (tertiary/aromatic N) is 2. The quantitative estimate of drug-likeness (QED) is 0.691. The summed E-state index contributed by atoms with van der Waals surface area (Å²) in [6.07, 6.45) is 0. The van der Waals surface area contributed by atoms with Crippen LogP contribution < -0.4 is 10.6 Å². The largest absolute Gasteiger partial charge is 0.383 e. The van der Waals surface area contributed by atoms with E-state index >= 15 is 0 Å². The number of rotatable bonds is 8. The molecule has 1 rings (SSSR count). The lowest BCUT2D eigenvalue weighted by molar-refractivity contribution is -0.122. The first-order valence-corrected chi connectivity index (χ1v) is 6.97. The first-order valence-electron chi connectivity index (χ1n) is 6.97. The number of nitrogens with one attached hydrogen (secondary N) is 2. The van der Waals surface area contributed by atoms with Crippen LogP contribution in [0.25, 0.3) is 0 Å². The van der Waals surface area contributed by atoms with Crippen molar-refractivity contribution < 1.29 is 9.53 Å². The van der Waals surface area contributed by atoms with E-state index in [1.54, 1.807) is 11.8 Å². The van der Waals surface area contributed by atoms with Crippen molar-refractivity contribution in [2.45, 2.75) is 46.8 Å². The molecular weight excluding hydrogens is 256 g/mol. The highest BCUT2D eigenvalue weighted by Crippen LogP contribution is 2.12. The van der Waals surface area contributed by atoms with Crippen LogP contribution in [0.3, 0.4) is 0 Å². The van der Waals surface area contributed by atoms with Gasteiger partial charge in [0.25, 0.3) is 0 Å². The van der Waals surface area contributed by atoms with Gasteiger partial charge in [0.05, 0.1) is 12.3 Å². The molecule has 1 amide bonds. The average Bonchev–Trinajstić information content (AvgIpc) is 2.60. The summed E-state index contributed by atoms with van der Waals surface area (Å²) in [6.45, 7) is 10.4. The van der Waals surface area contributed by atoms with E-state index < -0.39 is 0 Å². The number of hydrogen-bond acceptors (Lipinski definition) is 4. The van der Waals surface area contributed by atoms with Crippen LogP contribution in [-0.4, -0.2) is 42.0 Å². The topological polar surface area (TPSA) is 68.2 Å². The molecule has 6 heteroatoms. The van der Waals surface area contributed by atoms with Crippen LogP contribution in [0.15, 0.2) is 0 Å². The number of aryl methyl sites for hydroxylation is 1. The van der Waals surface area contributed by atoms with Gasteiger partial charge in [-0.3, -0.25) is 9.48 Å². The van der Waals surface area contributed by atoms with Crippen LogP contribution >= 0.6 is 0 Å². The summed E-state index contributed by atoms with van der Waals surface area (Å²) in [5, 5.41) is 10.6. The van der Waals surface area contributed by atoms with Gasteiger partial charge in [0, 0.05) is 37.5 Å². The molecule has 0 fully saturated rings. The van der Waals surface area contributed by atoms with Crippen molar-refractivity contribution in [3.63, 3.8) is 0 Å². The molecule has 0 spiro atoms. The third-order valence-electron chi connectivity index (χ3n) is 3.06. The van der Waals surface area contributed by atoms with Crippen LogP contribution in [0.2, 0.25) is 0 Å². The van der Waals surface area contributed by atoms with Crippen molar-refractivity contribution in [3.05, 3.63) is 17.0 Å². The number of hydrogen-bond donors (Lipinski definition) is 2. The smallest absolute Gasteiger partial charge is 0.241 e. The Morgan fingerprint density at radius 2 is 2.10 bits per heavy atom. The van der Waals surface area contributed by atoms with E-state index in [-0.39, 0.29) is 18.5 Å². The summed E-state index contributed by atoms with van der Waals surface area (Å²) in [4.78, 5) is 11.8. The number of aromatic nitrogens is 2. The average molecular weight is 282 g/mol. The van der Waals surface area contributed by atoms with Crippen molar-refractivity contribution in [1.29, 1.82) is 0 Å². The monoisotopic (exact) mass is 282 g/mol. The van der Waals surface area contributed by atoms with Crippen LogP contribution in [-0.2, 0) is 22.6 Å². The highest BCUT2D eigenvalue weighted by atomic mass is 16.5. The number of carbonyl (C=O) groups is 1. The Morgan fingerprint density at radius 1 is 1.40 bits per heavy atom. The van der Waals surface area contributed by atoms with Crippen molar-refractivity contribution in [2.75, 3.05) is 20.3 Å². The molecule has 0 aliphatic rings. The van der Waals surface area contributed by atoms with E-state index in [1.807, 2.05) is 27.7 Å². The maximum absolute atomic E-state index is 11.8. The van der Waals surface area contributed by atoms with Crippen LogP contribution in [0.5, 0.6) is 0 Å². The second-order valence-corrected chi connectivity index (χ2v) is 5.20. The normalized spacial score (nSPS) is 11.1.